The molecule has 1 aliphatic heterocycles. The molecule has 0 radical (unpaired) electrons. The van der Waals surface area contributed by atoms with Gasteiger partial charge in [0, 0.05) is 0 Å². The SMILES string of the molecule is CC1C(C)C(C)[CH]([Ge]2([CH]3C(C)C(C)C(C)C3C)[CH2]c3ccccc3[CH2]2)C1C.[CH3-].[CH3-].[Cl][Zr+2][Cl]. The summed E-state index contributed by atoms with van der Waals surface area (Å²) in [7, 11) is 9.87. The number of benzene rings is 1. The molecule has 8 unspecified atom stereocenters. The van der Waals surface area contributed by atoms with E-state index in [4.69, 9.17) is 17.0 Å². The van der Waals surface area contributed by atoms with Crippen LogP contribution in [0.1, 0.15) is 66.5 Å². The fraction of sp³-hybridized carbons (Fsp3) is 0.714. The third kappa shape index (κ3) is 5.18. The van der Waals surface area contributed by atoms with Crippen molar-refractivity contribution in [3.05, 3.63) is 50.2 Å². The van der Waals surface area contributed by atoms with Crippen molar-refractivity contribution in [3.63, 3.8) is 0 Å². The van der Waals surface area contributed by atoms with Crippen LogP contribution < -0.4 is 0 Å². The molecule has 1 aromatic carbocycles. The first-order chi connectivity index (χ1) is 14.1. The standard InChI is InChI=1S/C26H42Ge.2CH3.2ClH.Zr/c1-15-16(2)20(6)25(19(15)5)27(13-23-11-9-10-12-24(23)14-27)26-21(7)17(3)18(4)22(26)8;;;;;/h9-12,15-22,25-26H,13-14H2,1-8H3;2*1H3;2*1H;/q;2*-1;;;+4/p-2. The summed E-state index contributed by atoms with van der Waals surface area (Å²) in [5.41, 5.74) is 3.49. The summed E-state index contributed by atoms with van der Waals surface area (Å²) in [6, 6.07) is 9.57. The summed E-state index contributed by atoms with van der Waals surface area (Å²) in [6.45, 7) is 20.8. The van der Waals surface area contributed by atoms with E-state index in [1.165, 1.54) is 10.5 Å². The van der Waals surface area contributed by atoms with Crippen molar-refractivity contribution < 1.29 is 20.8 Å². The maximum atomic E-state index is 4.93. The van der Waals surface area contributed by atoms with Gasteiger partial charge in [0.15, 0.2) is 0 Å². The Balaban J connectivity index is 0.000000971. The molecule has 0 saturated heterocycles. The van der Waals surface area contributed by atoms with Crippen LogP contribution in [0.4, 0.5) is 0 Å². The van der Waals surface area contributed by atoms with Crippen LogP contribution in [0.25, 0.3) is 0 Å². The molecule has 182 valence electrons. The van der Waals surface area contributed by atoms with Gasteiger partial charge in [-0.15, -0.1) is 0 Å². The van der Waals surface area contributed by atoms with Crippen molar-refractivity contribution in [2.24, 2.45) is 47.3 Å². The molecule has 4 heteroatoms. The van der Waals surface area contributed by atoms with Crippen LogP contribution in [-0.2, 0) is 31.4 Å². The van der Waals surface area contributed by atoms with Gasteiger partial charge in [-0.3, -0.25) is 0 Å². The van der Waals surface area contributed by atoms with Gasteiger partial charge in [0.05, 0.1) is 0 Å². The van der Waals surface area contributed by atoms with Gasteiger partial charge in [0.1, 0.15) is 0 Å². The fourth-order valence-corrected chi connectivity index (χ4v) is 27.6. The Morgan fingerprint density at radius 2 is 0.844 bits per heavy atom. The first-order valence-electron chi connectivity index (χ1n) is 12.1. The van der Waals surface area contributed by atoms with Gasteiger partial charge in [-0.2, -0.15) is 0 Å². The second kappa shape index (κ2) is 12.5. The van der Waals surface area contributed by atoms with Crippen molar-refractivity contribution in [1.29, 1.82) is 0 Å². The van der Waals surface area contributed by atoms with Crippen molar-refractivity contribution in [3.8, 4) is 0 Å². The Morgan fingerprint density at radius 3 is 1.09 bits per heavy atom. The summed E-state index contributed by atoms with van der Waals surface area (Å²) < 4.78 is 2.10. The molecule has 2 fully saturated rings. The number of hydrogen-bond donors (Lipinski definition) is 0. The van der Waals surface area contributed by atoms with E-state index in [1.807, 2.05) is 0 Å². The fourth-order valence-electron chi connectivity index (χ4n) is 8.64. The van der Waals surface area contributed by atoms with Crippen LogP contribution in [0.15, 0.2) is 24.3 Å². The minimum absolute atomic E-state index is 0. The Morgan fingerprint density at radius 1 is 0.594 bits per heavy atom. The van der Waals surface area contributed by atoms with Crippen LogP contribution in [0.3, 0.4) is 0 Å². The molecular formula is C28H48Cl2GeZr. The zero-order valence-electron chi connectivity index (χ0n) is 22.3. The van der Waals surface area contributed by atoms with Gasteiger partial charge >= 0.3 is 209 Å². The van der Waals surface area contributed by atoms with E-state index in [0.717, 1.165) is 56.8 Å². The van der Waals surface area contributed by atoms with Gasteiger partial charge in [-0.25, -0.2) is 0 Å². The predicted octanol–water partition coefficient (Wildman–Crippen LogP) is 9.45. The Labute approximate surface area is 222 Å². The van der Waals surface area contributed by atoms with Crippen LogP contribution in [-0.4, -0.2) is 13.3 Å². The van der Waals surface area contributed by atoms with E-state index in [2.05, 4.69) is 79.7 Å². The second-order valence-corrected chi connectivity index (χ2v) is 24.5. The maximum absolute atomic E-state index is 4.93. The van der Waals surface area contributed by atoms with Gasteiger partial charge < -0.3 is 14.9 Å². The van der Waals surface area contributed by atoms with Gasteiger partial charge in [-0.1, -0.05) is 0 Å². The predicted molar refractivity (Wildman–Crippen MR) is 145 cm³/mol. The molecule has 4 rings (SSSR count). The molecule has 0 amide bonds. The summed E-state index contributed by atoms with van der Waals surface area (Å²) >= 11 is -3.00. The average molecular weight is 619 g/mol. The molecule has 0 aromatic heterocycles. The topological polar surface area (TPSA) is 0 Å². The Kier molecular flexibility index (Phi) is 12.2. The molecule has 0 bridgehead atoms. The number of hydrogen-bond acceptors (Lipinski definition) is 0. The third-order valence-corrected chi connectivity index (χ3v) is 25.1. The quantitative estimate of drug-likeness (QED) is 0.229. The summed E-state index contributed by atoms with van der Waals surface area (Å²) in [5, 5.41) is 3.04. The number of rotatable bonds is 2. The second-order valence-electron chi connectivity index (χ2n) is 11.4. The molecular weight excluding hydrogens is 571 g/mol. The normalized spacial score (nSPS) is 41.4. The molecule has 3 aliphatic rings. The molecule has 0 nitrogen and oxygen atoms in total. The van der Waals surface area contributed by atoms with Crippen LogP contribution in [0.5, 0.6) is 0 Å². The van der Waals surface area contributed by atoms with E-state index in [-0.39, 0.29) is 14.9 Å². The number of halogens is 2. The van der Waals surface area contributed by atoms with Gasteiger partial charge in [-0.05, 0) is 0 Å². The average Bonchev–Trinajstić information content (AvgIpc) is 3.25. The van der Waals surface area contributed by atoms with Crippen molar-refractivity contribution in [2.45, 2.75) is 75.4 Å². The van der Waals surface area contributed by atoms with Crippen LogP contribution in [0, 0.1) is 62.2 Å². The van der Waals surface area contributed by atoms with E-state index >= 15 is 0 Å². The molecule has 2 saturated carbocycles. The van der Waals surface area contributed by atoms with Gasteiger partial charge in [0.2, 0.25) is 0 Å². The van der Waals surface area contributed by atoms with Crippen molar-refractivity contribution in [1.82, 2.24) is 0 Å². The van der Waals surface area contributed by atoms with E-state index < -0.39 is 34.1 Å². The molecule has 0 N–H and O–H groups in total. The molecule has 8 atom stereocenters. The van der Waals surface area contributed by atoms with Crippen LogP contribution >= 0.6 is 17.0 Å². The zero-order valence-corrected chi connectivity index (χ0v) is 28.3. The minimum atomic E-state index is -2.18. The molecule has 2 aliphatic carbocycles. The van der Waals surface area contributed by atoms with E-state index in [0.29, 0.717) is 0 Å². The summed E-state index contributed by atoms with van der Waals surface area (Å²) in [6.07, 6.45) is 0. The van der Waals surface area contributed by atoms with Gasteiger partial charge in [0.25, 0.3) is 0 Å². The zero-order chi connectivity index (χ0) is 22.4. The van der Waals surface area contributed by atoms with Crippen LogP contribution in [0.2, 0.25) is 9.50 Å². The first kappa shape index (κ1) is 31.3. The van der Waals surface area contributed by atoms with Crippen molar-refractivity contribution >= 4 is 30.3 Å². The first-order valence-corrected chi connectivity index (χ1v) is 23.9. The monoisotopic (exact) mass is 618 g/mol. The molecule has 1 heterocycles. The Hall–Kier alpha value is 1.23. The molecule has 0 spiro atoms. The molecule has 32 heavy (non-hydrogen) atoms. The van der Waals surface area contributed by atoms with E-state index in [9.17, 15) is 0 Å². The van der Waals surface area contributed by atoms with Crippen molar-refractivity contribution in [2.75, 3.05) is 0 Å². The molecule has 1 aromatic rings. The Bertz CT molecular complexity index is 638. The summed E-state index contributed by atoms with van der Waals surface area (Å²) in [4.78, 5) is 0. The number of fused-ring (bicyclic) bond motifs is 1. The third-order valence-electron chi connectivity index (χ3n) is 10.7. The summed E-state index contributed by atoms with van der Waals surface area (Å²) in [5.74, 6) is 7.31. The van der Waals surface area contributed by atoms with E-state index in [1.54, 1.807) is 11.1 Å².